The summed E-state index contributed by atoms with van der Waals surface area (Å²) < 4.78 is 7.46. The predicted octanol–water partition coefficient (Wildman–Crippen LogP) is 14.4. The highest BCUT2D eigenvalue weighted by Gasteiger charge is 2.16. The van der Waals surface area contributed by atoms with Gasteiger partial charge in [0.1, 0.15) is 0 Å². The van der Waals surface area contributed by atoms with E-state index in [9.17, 15) is 0 Å². The van der Waals surface area contributed by atoms with Crippen molar-refractivity contribution in [3.63, 3.8) is 0 Å². The molecule has 0 saturated carbocycles. The molecule has 0 fully saturated rings. The number of hydrogen-bond acceptors (Lipinski definition) is 5. The van der Waals surface area contributed by atoms with E-state index in [1.54, 1.807) is 0 Å². The van der Waals surface area contributed by atoms with Crippen LogP contribution in [0.2, 0.25) is 0 Å². The lowest BCUT2D eigenvalue weighted by Gasteiger charge is -2.08. The third-order valence-corrected chi connectivity index (χ3v) is 13.3. The number of thiophene rings is 2. The van der Waals surface area contributed by atoms with E-state index in [1.165, 1.54) is 79.0 Å². The van der Waals surface area contributed by atoms with Crippen LogP contribution in [0.4, 0.5) is 0 Å². The second kappa shape index (κ2) is 12.8. The fourth-order valence-electron chi connectivity index (χ4n) is 8.32. The van der Waals surface area contributed by atoms with Crippen molar-refractivity contribution in [2.24, 2.45) is 0 Å². The van der Waals surface area contributed by atoms with Crippen molar-refractivity contribution in [3.8, 4) is 51.0 Å². The Morgan fingerprint density at radius 1 is 0.298 bits per heavy atom. The standard InChI is InChI=1S/C51H30N4S2/c1-3-11-31(12-4-1)49-52-50(32-13-5-2-6-14-32)54-51(53-49)35-21-25-41-39-23-19-33(27-45(39)56-47(41)29-35)34-20-24-40-42-26-22-36(30-48(42)57-46(40)28-34)55-43-17-9-7-15-37(43)38-16-8-10-18-44(38)55/h1-30H. The van der Waals surface area contributed by atoms with Gasteiger partial charge in [-0.3, -0.25) is 0 Å². The Morgan fingerprint density at radius 2 is 0.684 bits per heavy atom. The van der Waals surface area contributed by atoms with Crippen LogP contribution in [0.1, 0.15) is 0 Å². The third kappa shape index (κ3) is 5.30. The molecule has 4 nitrogen and oxygen atoms in total. The number of rotatable bonds is 5. The molecule has 0 amide bonds. The van der Waals surface area contributed by atoms with Crippen molar-refractivity contribution in [1.29, 1.82) is 0 Å². The average molecular weight is 763 g/mol. The van der Waals surface area contributed by atoms with Crippen molar-refractivity contribution in [2.75, 3.05) is 0 Å². The molecule has 0 spiro atoms. The quantitative estimate of drug-likeness (QED) is 0.175. The van der Waals surface area contributed by atoms with Gasteiger partial charge in [-0.15, -0.1) is 22.7 Å². The molecule has 0 aliphatic rings. The first-order valence-corrected chi connectivity index (χ1v) is 20.6. The van der Waals surface area contributed by atoms with Gasteiger partial charge in [0.2, 0.25) is 0 Å². The zero-order valence-electron chi connectivity index (χ0n) is 30.4. The number of benzene rings is 8. The van der Waals surface area contributed by atoms with Gasteiger partial charge in [-0.25, -0.2) is 15.0 Å². The van der Waals surface area contributed by atoms with Crippen LogP contribution in [0, 0.1) is 0 Å². The van der Waals surface area contributed by atoms with Crippen molar-refractivity contribution in [1.82, 2.24) is 19.5 Å². The minimum absolute atomic E-state index is 0.666. The van der Waals surface area contributed by atoms with Crippen molar-refractivity contribution < 1.29 is 0 Å². The van der Waals surface area contributed by atoms with E-state index >= 15 is 0 Å². The van der Waals surface area contributed by atoms with E-state index in [0.717, 1.165) is 16.7 Å². The normalized spacial score (nSPS) is 11.9. The summed E-state index contributed by atoms with van der Waals surface area (Å²) in [7, 11) is 0. The molecule has 8 aromatic carbocycles. The number of nitrogens with zero attached hydrogens (tertiary/aromatic N) is 4. The summed E-state index contributed by atoms with van der Waals surface area (Å²) in [5.41, 5.74) is 9.00. The van der Waals surface area contributed by atoms with Gasteiger partial charge in [0.15, 0.2) is 17.5 Å². The van der Waals surface area contributed by atoms with Crippen LogP contribution in [-0.2, 0) is 0 Å². The van der Waals surface area contributed by atoms with Gasteiger partial charge in [-0.1, -0.05) is 140 Å². The topological polar surface area (TPSA) is 43.6 Å². The van der Waals surface area contributed by atoms with Gasteiger partial charge in [-0.2, -0.15) is 0 Å². The highest BCUT2D eigenvalue weighted by atomic mass is 32.1. The second-order valence-corrected chi connectivity index (χ2v) is 16.6. The zero-order chi connectivity index (χ0) is 37.5. The summed E-state index contributed by atoms with van der Waals surface area (Å²) in [4.78, 5) is 14.8. The second-order valence-electron chi connectivity index (χ2n) is 14.4. The van der Waals surface area contributed by atoms with Crippen LogP contribution in [0.15, 0.2) is 182 Å². The Labute approximate surface area is 335 Å². The molecular weight excluding hydrogens is 733 g/mol. The van der Waals surface area contributed by atoms with Crippen molar-refractivity contribution in [2.45, 2.75) is 0 Å². The Morgan fingerprint density at radius 3 is 1.19 bits per heavy atom. The molecule has 0 atom stereocenters. The van der Waals surface area contributed by atoms with Crippen LogP contribution in [-0.4, -0.2) is 19.5 Å². The Bertz CT molecular complexity index is 3410. The van der Waals surface area contributed by atoms with Crippen LogP contribution < -0.4 is 0 Å². The summed E-state index contributed by atoms with van der Waals surface area (Å²) in [5, 5.41) is 7.66. The average Bonchev–Trinajstić information content (AvgIpc) is 3.95. The molecule has 0 saturated heterocycles. The molecular formula is C51H30N4S2. The SMILES string of the molecule is c1ccc(-c2nc(-c3ccccc3)nc(-c3ccc4c(c3)sc3cc(-c5ccc6c(c5)sc5cc(-n7c8ccccc8c8ccccc87)ccc56)ccc34)n2)cc1. The summed E-state index contributed by atoms with van der Waals surface area (Å²) in [6.45, 7) is 0. The lowest BCUT2D eigenvalue weighted by atomic mass is 10.0. The maximum absolute atomic E-state index is 4.98. The minimum atomic E-state index is 0.666. The van der Waals surface area contributed by atoms with Gasteiger partial charge in [0.25, 0.3) is 0 Å². The van der Waals surface area contributed by atoms with E-state index in [4.69, 9.17) is 15.0 Å². The molecule has 266 valence electrons. The summed E-state index contributed by atoms with van der Waals surface area (Å²) in [5.74, 6) is 2.00. The lowest BCUT2D eigenvalue weighted by Crippen LogP contribution is -1.99. The van der Waals surface area contributed by atoms with E-state index < -0.39 is 0 Å². The predicted molar refractivity (Wildman–Crippen MR) is 242 cm³/mol. The molecule has 57 heavy (non-hydrogen) atoms. The first-order valence-electron chi connectivity index (χ1n) is 19.0. The van der Waals surface area contributed by atoms with Crippen LogP contribution in [0.5, 0.6) is 0 Å². The maximum atomic E-state index is 4.98. The highest BCUT2D eigenvalue weighted by Crippen LogP contribution is 2.42. The fourth-order valence-corrected chi connectivity index (χ4v) is 10.7. The zero-order valence-corrected chi connectivity index (χ0v) is 32.1. The first-order chi connectivity index (χ1) is 28.2. The van der Waals surface area contributed by atoms with E-state index in [0.29, 0.717) is 17.5 Å². The molecule has 0 aliphatic carbocycles. The molecule has 12 rings (SSSR count). The minimum Gasteiger partial charge on any atom is -0.309 e. The largest absolute Gasteiger partial charge is 0.309 e. The number of hydrogen-bond donors (Lipinski definition) is 0. The molecule has 4 aromatic heterocycles. The van der Waals surface area contributed by atoms with Crippen molar-refractivity contribution in [3.05, 3.63) is 182 Å². The number of para-hydroxylation sites is 2. The monoisotopic (exact) mass is 762 g/mol. The maximum Gasteiger partial charge on any atom is 0.164 e. The van der Waals surface area contributed by atoms with Crippen LogP contribution >= 0.6 is 22.7 Å². The molecule has 12 aromatic rings. The van der Waals surface area contributed by atoms with Crippen LogP contribution in [0.25, 0.3) is 113 Å². The van der Waals surface area contributed by atoms with E-state index in [2.05, 4.69) is 126 Å². The summed E-state index contributed by atoms with van der Waals surface area (Å²) in [6, 6.07) is 65.0. The number of fused-ring (bicyclic) bond motifs is 9. The smallest absolute Gasteiger partial charge is 0.164 e. The first kappa shape index (κ1) is 32.3. The lowest BCUT2D eigenvalue weighted by molar-refractivity contribution is 1.07. The summed E-state index contributed by atoms with van der Waals surface area (Å²) >= 11 is 3.69. The molecule has 4 heterocycles. The van der Waals surface area contributed by atoms with Gasteiger partial charge >= 0.3 is 0 Å². The molecule has 0 aliphatic heterocycles. The van der Waals surface area contributed by atoms with E-state index in [1.807, 2.05) is 83.3 Å². The molecule has 6 heteroatoms. The van der Waals surface area contributed by atoms with Crippen molar-refractivity contribution >= 4 is 84.8 Å². The summed E-state index contributed by atoms with van der Waals surface area (Å²) in [6.07, 6.45) is 0. The van der Waals surface area contributed by atoms with Gasteiger partial charge < -0.3 is 4.57 Å². The molecule has 0 radical (unpaired) electrons. The number of aromatic nitrogens is 4. The Kier molecular flexibility index (Phi) is 7.24. The molecule has 0 bridgehead atoms. The van der Waals surface area contributed by atoms with Gasteiger partial charge in [0.05, 0.1) is 11.0 Å². The Hall–Kier alpha value is -6.99. The van der Waals surface area contributed by atoms with Gasteiger partial charge in [-0.05, 0) is 53.6 Å². The highest BCUT2D eigenvalue weighted by molar-refractivity contribution is 7.26. The van der Waals surface area contributed by atoms with Crippen LogP contribution in [0.3, 0.4) is 0 Å². The third-order valence-electron chi connectivity index (χ3n) is 11.1. The fraction of sp³-hybridized carbons (Fsp3) is 0. The Balaban J connectivity index is 0.917. The van der Waals surface area contributed by atoms with Gasteiger partial charge in [0, 0.05) is 73.5 Å². The molecule has 0 unspecified atom stereocenters. The molecule has 0 N–H and O–H groups in total. The van der Waals surface area contributed by atoms with E-state index in [-0.39, 0.29) is 0 Å².